The summed E-state index contributed by atoms with van der Waals surface area (Å²) in [5, 5.41) is 7.27. The van der Waals surface area contributed by atoms with Crippen molar-refractivity contribution >= 4 is 17.2 Å². The lowest BCUT2D eigenvalue weighted by atomic mass is 9.78. The van der Waals surface area contributed by atoms with Crippen LogP contribution in [0.15, 0.2) is 78.0 Å². The Kier molecular flexibility index (Phi) is 6.49. The van der Waals surface area contributed by atoms with E-state index in [1.165, 1.54) is 5.56 Å². The maximum atomic E-state index is 13.8. The molecule has 3 aromatic carbocycles. The van der Waals surface area contributed by atoms with Crippen molar-refractivity contribution in [3.63, 3.8) is 0 Å². The molecule has 0 unspecified atom stereocenters. The summed E-state index contributed by atoms with van der Waals surface area (Å²) in [6, 6.07) is 22.6. The van der Waals surface area contributed by atoms with Gasteiger partial charge >= 0.3 is 0 Å². The van der Waals surface area contributed by atoms with E-state index >= 15 is 0 Å². The van der Waals surface area contributed by atoms with Crippen LogP contribution in [-0.2, 0) is 11.2 Å². The zero-order valence-corrected chi connectivity index (χ0v) is 20.6. The predicted molar refractivity (Wildman–Crippen MR) is 140 cm³/mol. The first-order chi connectivity index (χ1) is 17.1. The van der Waals surface area contributed by atoms with Crippen LogP contribution in [-0.4, -0.2) is 19.5 Å². The van der Waals surface area contributed by atoms with E-state index in [2.05, 4.69) is 60.0 Å². The molecule has 1 aliphatic carbocycles. The molecule has 0 amide bonds. The molecule has 2 aliphatic rings. The zero-order valence-electron chi connectivity index (χ0n) is 20.6. The first-order valence-electron chi connectivity index (χ1n) is 12.4. The van der Waals surface area contributed by atoms with Crippen LogP contribution in [0.5, 0.6) is 11.5 Å². The molecule has 180 valence electrons. The lowest BCUT2D eigenvalue weighted by Crippen LogP contribution is -2.26. The molecule has 35 heavy (non-hydrogen) atoms. The molecule has 5 heteroatoms. The molecule has 0 aromatic heterocycles. The number of ether oxygens (including phenoxy) is 2. The van der Waals surface area contributed by atoms with Crippen LogP contribution in [0.4, 0.5) is 11.4 Å². The number of aryl methyl sites for hydroxylation is 1. The minimum absolute atomic E-state index is 0.0618. The average molecular weight is 469 g/mol. The summed E-state index contributed by atoms with van der Waals surface area (Å²) in [5.74, 6) is 1.65. The monoisotopic (exact) mass is 468 g/mol. The second-order valence-electron chi connectivity index (χ2n) is 9.11. The van der Waals surface area contributed by atoms with Gasteiger partial charge in [-0.1, -0.05) is 49.4 Å². The van der Waals surface area contributed by atoms with Crippen molar-refractivity contribution in [3.05, 3.63) is 94.7 Å². The molecule has 0 bridgehead atoms. The van der Waals surface area contributed by atoms with Crippen molar-refractivity contribution in [2.24, 2.45) is 0 Å². The van der Waals surface area contributed by atoms with Gasteiger partial charge in [-0.05, 0) is 66.6 Å². The highest BCUT2D eigenvalue weighted by molar-refractivity contribution is 6.01. The fourth-order valence-corrected chi connectivity index (χ4v) is 5.14. The van der Waals surface area contributed by atoms with Gasteiger partial charge in [0.1, 0.15) is 0 Å². The van der Waals surface area contributed by atoms with E-state index in [1.54, 1.807) is 7.11 Å². The number of allylic oxidation sites excluding steroid dienone is 1. The summed E-state index contributed by atoms with van der Waals surface area (Å²) in [7, 11) is 1.65. The van der Waals surface area contributed by atoms with E-state index in [4.69, 9.17) is 9.47 Å². The number of ketones is 1. The normalized spacial score (nSPS) is 19.1. The molecule has 5 rings (SSSR count). The van der Waals surface area contributed by atoms with Crippen molar-refractivity contribution in [3.8, 4) is 11.5 Å². The molecule has 0 saturated carbocycles. The third-order valence-electron chi connectivity index (χ3n) is 6.99. The van der Waals surface area contributed by atoms with E-state index in [1.807, 2.05) is 31.2 Å². The van der Waals surface area contributed by atoms with Gasteiger partial charge in [0.2, 0.25) is 0 Å². The highest BCUT2D eigenvalue weighted by Crippen LogP contribution is 2.45. The maximum absolute atomic E-state index is 13.8. The van der Waals surface area contributed by atoms with Crippen LogP contribution in [0.25, 0.3) is 0 Å². The van der Waals surface area contributed by atoms with Crippen molar-refractivity contribution in [1.82, 2.24) is 0 Å². The molecular weight excluding hydrogens is 436 g/mol. The van der Waals surface area contributed by atoms with Crippen LogP contribution >= 0.6 is 0 Å². The number of hydrogen-bond acceptors (Lipinski definition) is 5. The zero-order chi connectivity index (χ0) is 24.4. The molecule has 3 aromatic rings. The third kappa shape index (κ3) is 4.51. The number of nitrogens with one attached hydrogen (secondary N) is 2. The Morgan fingerprint density at radius 1 is 0.886 bits per heavy atom. The number of hydrogen-bond donors (Lipinski definition) is 2. The predicted octanol–water partition coefficient (Wildman–Crippen LogP) is 6.64. The van der Waals surface area contributed by atoms with Gasteiger partial charge in [0, 0.05) is 17.7 Å². The standard InChI is InChI=1S/C30H32N2O3/c1-4-19-10-12-20(13-11-19)30-29-25(31-23-8-6-7-9-24(23)32-30)16-22(17-26(29)33)21-14-15-27(35-5-2)28(18-21)34-3/h6-15,18,22,30-32H,4-5,16-17H2,1-3H3/t22-,30-/m0/s1. The van der Waals surface area contributed by atoms with Crippen LogP contribution in [0.2, 0.25) is 0 Å². The Morgan fingerprint density at radius 2 is 1.63 bits per heavy atom. The van der Waals surface area contributed by atoms with Gasteiger partial charge in [0.15, 0.2) is 17.3 Å². The number of carbonyl (C=O) groups is 1. The van der Waals surface area contributed by atoms with Crippen molar-refractivity contribution in [2.45, 2.75) is 45.1 Å². The summed E-state index contributed by atoms with van der Waals surface area (Å²) < 4.78 is 11.3. The number of fused-ring (bicyclic) bond motifs is 1. The van der Waals surface area contributed by atoms with E-state index < -0.39 is 0 Å². The van der Waals surface area contributed by atoms with Gasteiger partial charge in [0.05, 0.1) is 31.1 Å². The number of anilines is 2. The Bertz CT molecular complexity index is 1260. The molecule has 2 atom stereocenters. The Hall–Kier alpha value is -3.73. The van der Waals surface area contributed by atoms with Gasteiger partial charge in [-0.3, -0.25) is 4.79 Å². The van der Waals surface area contributed by atoms with Gasteiger partial charge in [-0.15, -0.1) is 0 Å². The fraction of sp³-hybridized carbons (Fsp3) is 0.300. The Labute approximate surface area is 207 Å². The molecule has 1 aliphatic heterocycles. The van der Waals surface area contributed by atoms with Crippen LogP contribution in [0.1, 0.15) is 55.3 Å². The number of methoxy groups -OCH3 is 1. The topological polar surface area (TPSA) is 59.6 Å². The van der Waals surface area contributed by atoms with Crippen molar-refractivity contribution < 1.29 is 14.3 Å². The van der Waals surface area contributed by atoms with Crippen molar-refractivity contribution in [2.75, 3.05) is 24.4 Å². The number of para-hydroxylation sites is 2. The fourth-order valence-electron chi connectivity index (χ4n) is 5.14. The van der Waals surface area contributed by atoms with Crippen molar-refractivity contribution in [1.29, 1.82) is 0 Å². The minimum atomic E-state index is -0.199. The average Bonchev–Trinajstić information content (AvgIpc) is 3.06. The van der Waals surface area contributed by atoms with E-state index in [0.29, 0.717) is 18.8 Å². The second kappa shape index (κ2) is 9.87. The third-order valence-corrected chi connectivity index (χ3v) is 6.99. The van der Waals surface area contributed by atoms with E-state index in [9.17, 15) is 4.79 Å². The van der Waals surface area contributed by atoms with Gasteiger partial charge in [0.25, 0.3) is 0 Å². The van der Waals surface area contributed by atoms with Crippen LogP contribution < -0.4 is 20.1 Å². The molecule has 5 nitrogen and oxygen atoms in total. The molecule has 0 spiro atoms. The van der Waals surface area contributed by atoms with Crippen LogP contribution in [0.3, 0.4) is 0 Å². The number of carbonyl (C=O) groups excluding carboxylic acids is 1. The molecule has 0 saturated heterocycles. The van der Waals surface area contributed by atoms with E-state index in [-0.39, 0.29) is 17.7 Å². The lowest BCUT2D eigenvalue weighted by Gasteiger charge is -2.30. The smallest absolute Gasteiger partial charge is 0.163 e. The molecule has 0 radical (unpaired) electrons. The molecule has 1 heterocycles. The molecular formula is C30H32N2O3. The first kappa shape index (κ1) is 23.0. The summed E-state index contributed by atoms with van der Waals surface area (Å²) in [6.07, 6.45) is 2.19. The SMILES string of the molecule is CCOc1ccc([C@@H]2CC(=O)C3=C(C2)Nc2ccccc2N[C@H]3c2ccc(CC)cc2)cc1OC. The summed E-state index contributed by atoms with van der Waals surface area (Å²) in [4.78, 5) is 13.8. The number of benzene rings is 3. The Morgan fingerprint density at radius 3 is 2.34 bits per heavy atom. The van der Waals surface area contributed by atoms with Gasteiger partial charge in [-0.25, -0.2) is 0 Å². The lowest BCUT2D eigenvalue weighted by molar-refractivity contribution is -0.116. The first-order valence-corrected chi connectivity index (χ1v) is 12.4. The number of rotatable bonds is 6. The minimum Gasteiger partial charge on any atom is -0.493 e. The summed E-state index contributed by atoms with van der Waals surface area (Å²) >= 11 is 0. The van der Waals surface area contributed by atoms with Crippen LogP contribution in [0, 0.1) is 0 Å². The highest BCUT2D eigenvalue weighted by Gasteiger charge is 2.36. The second-order valence-corrected chi connectivity index (χ2v) is 9.11. The quantitative estimate of drug-likeness (QED) is 0.425. The summed E-state index contributed by atoms with van der Waals surface area (Å²) in [5.41, 5.74) is 7.28. The molecule has 2 N–H and O–H groups in total. The largest absolute Gasteiger partial charge is 0.493 e. The number of Topliss-reactive ketones (excluding diaryl/α,β-unsaturated/α-hetero) is 1. The Balaban J connectivity index is 1.55. The van der Waals surface area contributed by atoms with E-state index in [0.717, 1.165) is 52.4 Å². The molecule has 0 fully saturated rings. The van der Waals surface area contributed by atoms with Gasteiger partial charge < -0.3 is 20.1 Å². The maximum Gasteiger partial charge on any atom is 0.163 e. The summed E-state index contributed by atoms with van der Waals surface area (Å²) in [6.45, 7) is 4.68. The van der Waals surface area contributed by atoms with Gasteiger partial charge in [-0.2, -0.15) is 0 Å². The highest BCUT2D eigenvalue weighted by atomic mass is 16.5.